The summed E-state index contributed by atoms with van der Waals surface area (Å²) in [4.78, 5) is 12.6. The lowest BCUT2D eigenvalue weighted by atomic mass is 9.99. The van der Waals surface area contributed by atoms with Crippen molar-refractivity contribution in [3.05, 3.63) is 44.3 Å². The highest BCUT2D eigenvalue weighted by atomic mass is 32.1. The van der Waals surface area contributed by atoms with Crippen LogP contribution in [0.15, 0.2) is 32.6 Å². The average molecular weight is 356 g/mol. The van der Waals surface area contributed by atoms with Crippen LogP contribution >= 0.6 is 22.7 Å². The zero-order chi connectivity index (χ0) is 16.5. The zero-order valence-electron chi connectivity index (χ0n) is 13.2. The summed E-state index contributed by atoms with van der Waals surface area (Å²) in [6.45, 7) is 3.45. The van der Waals surface area contributed by atoms with Crippen LogP contribution in [0.3, 0.4) is 0 Å². The summed E-state index contributed by atoms with van der Waals surface area (Å²) < 4.78 is 0. The number of fused-ring (bicyclic) bond motifs is 2. The summed E-state index contributed by atoms with van der Waals surface area (Å²) in [5.74, 6) is 1.00. The van der Waals surface area contributed by atoms with Gasteiger partial charge in [0.2, 0.25) is 0 Å². The monoisotopic (exact) mass is 356 g/mol. The molecule has 1 saturated heterocycles. The molecule has 0 saturated carbocycles. The number of rotatable bonds is 1. The van der Waals surface area contributed by atoms with Gasteiger partial charge in [-0.25, -0.2) is 4.99 Å². The Kier molecular flexibility index (Phi) is 4.21. The number of allylic oxidation sites excluding steroid dienone is 1. The highest BCUT2D eigenvalue weighted by Gasteiger charge is 2.27. The standard InChI is InChI=1S/C17H16N4OS2/c1-22-21-6-4-20(5-7-21)17-15-10-23-8-13(15)12(2-3-18)14-9-24-11-16(14)19-17/h2,8-11H,4-7H2,1H3. The molecule has 0 N–H and O–H groups in total. The Hall–Kier alpha value is -1.98. The number of nitrogens with zero attached hydrogens (tertiary/aromatic N) is 4. The van der Waals surface area contributed by atoms with E-state index in [2.05, 4.69) is 32.5 Å². The highest BCUT2D eigenvalue weighted by Crippen LogP contribution is 2.40. The van der Waals surface area contributed by atoms with Gasteiger partial charge in [-0.3, -0.25) is 0 Å². The fourth-order valence-electron chi connectivity index (χ4n) is 3.12. The average Bonchev–Trinajstić information content (AvgIpc) is 3.25. The third-order valence-electron chi connectivity index (χ3n) is 4.36. The molecule has 0 aliphatic carbocycles. The number of thiophene rings is 2. The second-order valence-corrected chi connectivity index (χ2v) is 7.08. The van der Waals surface area contributed by atoms with Crippen molar-refractivity contribution in [1.82, 2.24) is 9.96 Å². The van der Waals surface area contributed by atoms with Crippen molar-refractivity contribution >= 4 is 39.8 Å². The molecule has 0 atom stereocenters. The third-order valence-corrected chi connectivity index (χ3v) is 5.83. The van der Waals surface area contributed by atoms with E-state index in [-0.39, 0.29) is 0 Å². The molecule has 122 valence electrons. The Morgan fingerprint density at radius 2 is 1.79 bits per heavy atom. The quantitative estimate of drug-likeness (QED) is 0.736. The molecule has 0 aromatic carbocycles. The minimum absolute atomic E-state index is 0.854. The first-order chi connectivity index (χ1) is 11.8. The summed E-state index contributed by atoms with van der Waals surface area (Å²) in [6.07, 6.45) is 1.64. The van der Waals surface area contributed by atoms with Crippen molar-refractivity contribution < 1.29 is 4.84 Å². The smallest absolute Gasteiger partial charge is 0.138 e. The molecule has 1 fully saturated rings. The van der Waals surface area contributed by atoms with Crippen LogP contribution in [-0.4, -0.2) is 49.1 Å². The molecule has 5 nitrogen and oxygen atoms in total. The van der Waals surface area contributed by atoms with E-state index in [9.17, 15) is 5.26 Å². The molecule has 2 aliphatic rings. The summed E-state index contributed by atoms with van der Waals surface area (Å²) in [5, 5.41) is 19.6. The number of hydrogen-bond donors (Lipinski definition) is 0. The zero-order valence-corrected chi connectivity index (χ0v) is 14.9. The van der Waals surface area contributed by atoms with Gasteiger partial charge in [-0.05, 0) is 5.38 Å². The molecule has 0 bridgehead atoms. The number of aliphatic imine (C=N–C) groups is 1. The topological polar surface area (TPSA) is 51.9 Å². The number of hydrogen-bond acceptors (Lipinski definition) is 7. The van der Waals surface area contributed by atoms with Crippen LogP contribution in [0.1, 0.15) is 16.7 Å². The van der Waals surface area contributed by atoms with Gasteiger partial charge in [0.15, 0.2) is 0 Å². The number of amidine groups is 1. The molecule has 0 amide bonds. The van der Waals surface area contributed by atoms with Crippen molar-refractivity contribution in [1.29, 1.82) is 5.26 Å². The van der Waals surface area contributed by atoms with E-state index in [1.54, 1.807) is 35.9 Å². The maximum Gasteiger partial charge on any atom is 0.138 e. The largest absolute Gasteiger partial charge is 0.353 e. The first-order valence-corrected chi connectivity index (χ1v) is 9.56. The lowest BCUT2D eigenvalue weighted by Gasteiger charge is -2.35. The van der Waals surface area contributed by atoms with Crippen molar-refractivity contribution in [2.24, 2.45) is 4.99 Å². The first-order valence-electron chi connectivity index (χ1n) is 7.68. The molecule has 7 heteroatoms. The maximum absolute atomic E-state index is 9.22. The molecule has 2 aliphatic heterocycles. The summed E-state index contributed by atoms with van der Waals surface area (Å²) in [7, 11) is 1.71. The van der Waals surface area contributed by atoms with Gasteiger partial charge in [-0.2, -0.15) is 21.7 Å². The van der Waals surface area contributed by atoms with E-state index in [1.165, 1.54) is 0 Å². The second-order valence-electron chi connectivity index (χ2n) is 5.59. The Morgan fingerprint density at radius 1 is 1.08 bits per heavy atom. The van der Waals surface area contributed by atoms with Gasteiger partial charge in [0, 0.05) is 70.7 Å². The molecule has 0 unspecified atom stereocenters. The normalized spacial score (nSPS) is 19.4. The van der Waals surface area contributed by atoms with Crippen LogP contribution < -0.4 is 0 Å². The Balaban J connectivity index is 1.80. The van der Waals surface area contributed by atoms with E-state index in [0.717, 1.165) is 60.0 Å². The minimum Gasteiger partial charge on any atom is -0.353 e. The van der Waals surface area contributed by atoms with Gasteiger partial charge in [0.25, 0.3) is 0 Å². The fourth-order valence-corrected chi connectivity index (χ4v) is 4.71. The molecule has 4 rings (SSSR count). The molecular formula is C17H16N4OS2. The lowest BCUT2D eigenvalue weighted by molar-refractivity contribution is -0.145. The fraction of sp³-hybridized carbons (Fsp3) is 0.294. The van der Waals surface area contributed by atoms with Gasteiger partial charge in [-0.1, -0.05) is 0 Å². The predicted octanol–water partition coefficient (Wildman–Crippen LogP) is 3.34. The van der Waals surface area contributed by atoms with E-state index < -0.39 is 0 Å². The SMILES string of the molecule is CON1CCN(C2=Nc3cscc3C(=CC#N)c3cscc32)CC1. The molecule has 2 aromatic rings. The van der Waals surface area contributed by atoms with Crippen LogP contribution in [0, 0.1) is 11.3 Å². The molecule has 24 heavy (non-hydrogen) atoms. The van der Waals surface area contributed by atoms with Crippen molar-refractivity contribution in [3.8, 4) is 6.07 Å². The van der Waals surface area contributed by atoms with E-state index in [0.29, 0.717) is 0 Å². The minimum atomic E-state index is 0.854. The van der Waals surface area contributed by atoms with Gasteiger partial charge < -0.3 is 9.74 Å². The van der Waals surface area contributed by atoms with E-state index >= 15 is 0 Å². The van der Waals surface area contributed by atoms with Crippen LogP contribution in [0.5, 0.6) is 0 Å². The van der Waals surface area contributed by atoms with Crippen molar-refractivity contribution in [2.45, 2.75) is 0 Å². The summed E-state index contributed by atoms with van der Waals surface area (Å²) >= 11 is 3.28. The summed E-state index contributed by atoms with van der Waals surface area (Å²) in [6, 6.07) is 2.19. The number of nitriles is 1. The van der Waals surface area contributed by atoms with Crippen LogP contribution in [-0.2, 0) is 4.84 Å². The number of piperazine rings is 1. The van der Waals surface area contributed by atoms with Crippen LogP contribution in [0.25, 0.3) is 5.57 Å². The summed E-state index contributed by atoms with van der Waals surface area (Å²) in [5.41, 5.74) is 5.19. The molecule has 0 spiro atoms. The van der Waals surface area contributed by atoms with Crippen molar-refractivity contribution in [3.63, 3.8) is 0 Å². The Morgan fingerprint density at radius 3 is 2.54 bits per heavy atom. The van der Waals surface area contributed by atoms with Gasteiger partial charge in [0.05, 0.1) is 18.9 Å². The highest BCUT2D eigenvalue weighted by molar-refractivity contribution is 7.09. The van der Waals surface area contributed by atoms with Crippen LogP contribution in [0.2, 0.25) is 0 Å². The molecule has 2 aromatic heterocycles. The van der Waals surface area contributed by atoms with Gasteiger partial charge >= 0.3 is 0 Å². The first kappa shape index (κ1) is 15.5. The predicted molar refractivity (Wildman–Crippen MR) is 97.7 cm³/mol. The molecule has 0 radical (unpaired) electrons. The van der Waals surface area contributed by atoms with E-state index in [1.807, 2.05) is 5.06 Å². The molecule has 4 heterocycles. The lowest BCUT2D eigenvalue weighted by Crippen LogP contribution is -2.48. The van der Waals surface area contributed by atoms with Crippen molar-refractivity contribution in [2.75, 3.05) is 33.3 Å². The molecular weight excluding hydrogens is 340 g/mol. The Bertz CT molecular complexity index is 850. The van der Waals surface area contributed by atoms with Gasteiger partial charge in [0.1, 0.15) is 5.84 Å². The second kappa shape index (κ2) is 6.49. The maximum atomic E-state index is 9.22. The van der Waals surface area contributed by atoms with E-state index in [4.69, 9.17) is 9.83 Å². The third kappa shape index (κ3) is 2.58. The van der Waals surface area contributed by atoms with Gasteiger partial charge in [-0.15, -0.1) is 11.3 Å². The Labute approximate surface area is 148 Å². The van der Waals surface area contributed by atoms with Crippen LogP contribution in [0.4, 0.5) is 5.69 Å². The number of hydroxylamine groups is 2.